The Morgan fingerprint density at radius 2 is 1.85 bits per heavy atom. The van der Waals surface area contributed by atoms with Crippen LogP contribution >= 0.6 is 12.6 Å². The summed E-state index contributed by atoms with van der Waals surface area (Å²) >= 11 is 4.18. The van der Waals surface area contributed by atoms with E-state index in [4.69, 9.17) is 9.47 Å². The lowest BCUT2D eigenvalue weighted by atomic mass is 10.2. The van der Waals surface area contributed by atoms with Gasteiger partial charge in [0.25, 0.3) is 0 Å². The Morgan fingerprint density at radius 3 is 2.31 bits per heavy atom. The van der Waals surface area contributed by atoms with Gasteiger partial charge < -0.3 is 9.47 Å². The number of hydrogen-bond donors (Lipinski definition) is 1. The van der Waals surface area contributed by atoms with E-state index >= 15 is 0 Å². The summed E-state index contributed by atoms with van der Waals surface area (Å²) in [4.78, 5) is 0. The minimum Gasteiger partial charge on any atom is -0.379 e. The molecule has 1 unspecified atom stereocenters. The van der Waals surface area contributed by atoms with Crippen LogP contribution in [0.5, 0.6) is 0 Å². The topological polar surface area (TPSA) is 18.5 Å². The molecule has 0 aliphatic carbocycles. The summed E-state index contributed by atoms with van der Waals surface area (Å²) in [5.74, 6) is 1.40. The van der Waals surface area contributed by atoms with Crippen LogP contribution in [0, 0.1) is 5.92 Å². The van der Waals surface area contributed by atoms with Crippen LogP contribution in [-0.2, 0) is 9.47 Å². The van der Waals surface area contributed by atoms with Crippen molar-refractivity contribution in [1.29, 1.82) is 0 Å². The Morgan fingerprint density at radius 1 is 1.23 bits per heavy atom. The molecular formula is C10H22O2S. The van der Waals surface area contributed by atoms with E-state index in [1.165, 1.54) is 0 Å². The first kappa shape index (κ1) is 13.3. The van der Waals surface area contributed by atoms with Gasteiger partial charge in [0.05, 0.1) is 25.4 Å². The van der Waals surface area contributed by atoms with E-state index in [0.29, 0.717) is 19.1 Å². The van der Waals surface area contributed by atoms with Crippen LogP contribution in [0.25, 0.3) is 0 Å². The van der Waals surface area contributed by atoms with Crippen LogP contribution in [0.2, 0.25) is 0 Å². The van der Waals surface area contributed by atoms with Crippen molar-refractivity contribution in [2.24, 2.45) is 5.92 Å². The van der Waals surface area contributed by atoms with Gasteiger partial charge in [-0.1, -0.05) is 6.92 Å². The lowest BCUT2D eigenvalue weighted by Crippen LogP contribution is -2.22. The molecule has 0 saturated heterocycles. The molecule has 0 fully saturated rings. The first-order chi connectivity index (χ1) is 5.95. The van der Waals surface area contributed by atoms with E-state index < -0.39 is 0 Å². The molecule has 0 aliphatic heterocycles. The molecule has 0 saturated carbocycles. The first-order valence-corrected chi connectivity index (χ1v) is 5.41. The fourth-order valence-electron chi connectivity index (χ4n) is 0.744. The van der Waals surface area contributed by atoms with Gasteiger partial charge in [0.2, 0.25) is 0 Å². The van der Waals surface area contributed by atoms with Gasteiger partial charge in [-0.05, 0) is 32.4 Å². The van der Waals surface area contributed by atoms with E-state index in [-0.39, 0.29) is 5.60 Å². The van der Waals surface area contributed by atoms with Gasteiger partial charge in [-0.15, -0.1) is 0 Å². The van der Waals surface area contributed by atoms with Crippen LogP contribution in [0.3, 0.4) is 0 Å². The fourth-order valence-corrected chi connectivity index (χ4v) is 0.849. The second-order valence-electron chi connectivity index (χ2n) is 4.32. The molecule has 0 amide bonds. The van der Waals surface area contributed by atoms with E-state index in [2.05, 4.69) is 19.6 Å². The van der Waals surface area contributed by atoms with Crippen LogP contribution in [-0.4, -0.2) is 31.2 Å². The standard InChI is InChI=1S/C10H22O2S/c1-9(8-13)7-11-5-6-12-10(2,3)4/h9,13H,5-8H2,1-4H3. The van der Waals surface area contributed by atoms with Crippen LogP contribution in [0.4, 0.5) is 0 Å². The van der Waals surface area contributed by atoms with Crippen LogP contribution < -0.4 is 0 Å². The molecule has 0 aliphatic rings. The number of thiol groups is 1. The number of hydrogen-bond acceptors (Lipinski definition) is 3. The number of rotatable bonds is 6. The van der Waals surface area contributed by atoms with Gasteiger partial charge in [-0.2, -0.15) is 12.6 Å². The molecular weight excluding hydrogens is 184 g/mol. The SMILES string of the molecule is CC(CS)COCCOC(C)(C)C. The molecule has 0 aromatic heterocycles. The summed E-state index contributed by atoms with van der Waals surface area (Å²) in [6, 6.07) is 0. The van der Waals surface area contributed by atoms with Gasteiger partial charge >= 0.3 is 0 Å². The van der Waals surface area contributed by atoms with Crippen molar-refractivity contribution in [1.82, 2.24) is 0 Å². The first-order valence-electron chi connectivity index (χ1n) is 4.78. The molecule has 0 radical (unpaired) electrons. The highest BCUT2D eigenvalue weighted by Crippen LogP contribution is 2.06. The van der Waals surface area contributed by atoms with Crippen LogP contribution in [0.1, 0.15) is 27.7 Å². The maximum atomic E-state index is 5.50. The highest BCUT2D eigenvalue weighted by molar-refractivity contribution is 7.80. The smallest absolute Gasteiger partial charge is 0.0707 e. The Labute approximate surface area is 87.4 Å². The van der Waals surface area contributed by atoms with Crippen molar-refractivity contribution in [3.05, 3.63) is 0 Å². The maximum Gasteiger partial charge on any atom is 0.0707 e. The van der Waals surface area contributed by atoms with Gasteiger partial charge in [0.1, 0.15) is 0 Å². The fraction of sp³-hybridized carbons (Fsp3) is 1.00. The Bertz CT molecular complexity index is 121. The summed E-state index contributed by atoms with van der Waals surface area (Å²) in [6.07, 6.45) is 0. The quantitative estimate of drug-likeness (QED) is 0.531. The van der Waals surface area contributed by atoms with E-state index in [9.17, 15) is 0 Å². The molecule has 2 nitrogen and oxygen atoms in total. The van der Waals surface area contributed by atoms with Crippen molar-refractivity contribution in [2.75, 3.05) is 25.6 Å². The third kappa shape index (κ3) is 10.2. The summed E-state index contributed by atoms with van der Waals surface area (Å²) in [5.41, 5.74) is -0.0570. The minimum absolute atomic E-state index is 0.0570. The summed E-state index contributed by atoms with van der Waals surface area (Å²) in [7, 11) is 0. The third-order valence-corrected chi connectivity index (χ3v) is 2.10. The van der Waals surface area contributed by atoms with Gasteiger partial charge in [-0.25, -0.2) is 0 Å². The van der Waals surface area contributed by atoms with Crippen molar-refractivity contribution in [3.8, 4) is 0 Å². The van der Waals surface area contributed by atoms with Crippen LogP contribution in [0.15, 0.2) is 0 Å². The van der Waals surface area contributed by atoms with E-state index in [1.54, 1.807) is 0 Å². The van der Waals surface area contributed by atoms with Crippen molar-refractivity contribution in [3.63, 3.8) is 0 Å². The van der Waals surface area contributed by atoms with Gasteiger partial charge in [0, 0.05) is 0 Å². The molecule has 0 spiro atoms. The second-order valence-corrected chi connectivity index (χ2v) is 4.69. The molecule has 0 aromatic rings. The summed E-state index contributed by atoms with van der Waals surface area (Å²) in [6.45, 7) is 10.4. The molecule has 0 bridgehead atoms. The molecule has 0 rings (SSSR count). The third-order valence-electron chi connectivity index (χ3n) is 1.48. The normalized spacial score (nSPS) is 14.5. The Balaban J connectivity index is 3.18. The predicted octanol–water partition coefficient (Wildman–Crippen LogP) is 2.38. The second kappa shape index (κ2) is 6.68. The zero-order chi connectivity index (χ0) is 10.3. The van der Waals surface area contributed by atoms with Crippen molar-refractivity contribution >= 4 is 12.6 Å². The lowest BCUT2D eigenvalue weighted by molar-refractivity contribution is -0.0377. The molecule has 3 heteroatoms. The molecule has 80 valence electrons. The Kier molecular flexibility index (Phi) is 6.82. The summed E-state index contributed by atoms with van der Waals surface area (Å²) < 4.78 is 10.9. The van der Waals surface area contributed by atoms with Crippen molar-refractivity contribution in [2.45, 2.75) is 33.3 Å². The van der Waals surface area contributed by atoms with E-state index in [0.717, 1.165) is 12.4 Å². The Hall–Kier alpha value is 0.270. The average Bonchev–Trinajstić information content (AvgIpc) is 2.01. The highest BCUT2D eigenvalue weighted by Gasteiger charge is 2.09. The van der Waals surface area contributed by atoms with Gasteiger partial charge in [0.15, 0.2) is 0 Å². The predicted molar refractivity (Wildman–Crippen MR) is 59.5 cm³/mol. The maximum absolute atomic E-state index is 5.50. The molecule has 0 heterocycles. The molecule has 13 heavy (non-hydrogen) atoms. The van der Waals surface area contributed by atoms with Gasteiger partial charge in [-0.3, -0.25) is 0 Å². The van der Waals surface area contributed by atoms with E-state index in [1.807, 2.05) is 20.8 Å². The molecule has 1 atom stereocenters. The average molecular weight is 206 g/mol. The number of ether oxygens (including phenoxy) is 2. The zero-order valence-corrected chi connectivity index (χ0v) is 10.1. The van der Waals surface area contributed by atoms with Crippen molar-refractivity contribution < 1.29 is 9.47 Å². The lowest BCUT2D eigenvalue weighted by Gasteiger charge is -2.19. The molecule has 0 aromatic carbocycles. The monoisotopic (exact) mass is 206 g/mol. The molecule has 0 N–H and O–H groups in total. The largest absolute Gasteiger partial charge is 0.379 e. The minimum atomic E-state index is -0.0570. The zero-order valence-electron chi connectivity index (χ0n) is 9.17. The highest BCUT2D eigenvalue weighted by atomic mass is 32.1. The summed E-state index contributed by atoms with van der Waals surface area (Å²) in [5, 5.41) is 0.